The van der Waals surface area contributed by atoms with Gasteiger partial charge in [-0.1, -0.05) is 67.6 Å². The number of benzene rings is 2. The van der Waals surface area contributed by atoms with E-state index >= 15 is 0 Å². The van der Waals surface area contributed by atoms with Crippen LogP contribution >= 0.6 is 0 Å². The van der Waals surface area contributed by atoms with Crippen molar-refractivity contribution in [3.05, 3.63) is 71.8 Å². The van der Waals surface area contributed by atoms with Crippen molar-refractivity contribution in [3.8, 4) is 0 Å². The second-order valence-electron chi connectivity index (χ2n) is 4.89. The van der Waals surface area contributed by atoms with Crippen molar-refractivity contribution in [3.63, 3.8) is 0 Å². The molecule has 0 unspecified atom stereocenters. The molecule has 0 aliphatic heterocycles. The average molecular weight is 252 g/mol. The van der Waals surface area contributed by atoms with E-state index in [1.165, 1.54) is 11.1 Å². The fourth-order valence-corrected chi connectivity index (χ4v) is 2.35. The Kier molecular flexibility index (Phi) is 4.91. The maximum Gasteiger partial charge on any atom is 0.133 e. The summed E-state index contributed by atoms with van der Waals surface area (Å²) in [5, 5.41) is 0. The van der Waals surface area contributed by atoms with Gasteiger partial charge in [-0.3, -0.25) is 4.79 Å². The number of ketones is 1. The van der Waals surface area contributed by atoms with E-state index in [1.54, 1.807) is 0 Å². The Balaban J connectivity index is 2.17. The topological polar surface area (TPSA) is 17.1 Å². The van der Waals surface area contributed by atoms with Crippen LogP contribution < -0.4 is 0 Å². The molecule has 0 aliphatic rings. The average Bonchev–Trinajstić information content (AvgIpc) is 2.48. The minimum atomic E-state index is 0.288. The van der Waals surface area contributed by atoms with Crippen LogP contribution in [0.3, 0.4) is 0 Å². The first-order valence-electron chi connectivity index (χ1n) is 6.90. The van der Waals surface area contributed by atoms with Crippen LogP contribution in [-0.2, 0) is 11.2 Å². The maximum atomic E-state index is 11.8. The molecule has 0 fully saturated rings. The van der Waals surface area contributed by atoms with E-state index in [2.05, 4.69) is 36.4 Å². The van der Waals surface area contributed by atoms with Gasteiger partial charge in [-0.05, 0) is 23.5 Å². The number of hydrogen-bond donors (Lipinski definition) is 0. The van der Waals surface area contributed by atoms with Gasteiger partial charge in [0.1, 0.15) is 5.78 Å². The van der Waals surface area contributed by atoms with E-state index in [0.717, 1.165) is 6.42 Å². The summed E-state index contributed by atoms with van der Waals surface area (Å²) < 4.78 is 0. The second-order valence-corrected chi connectivity index (χ2v) is 4.89. The summed E-state index contributed by atoms with van der Waals surface area (Å²) in [7, 11) is 0. The molecule has 0 saturated carbocycles. The number of Topliss-reactive ketones (excluding diaryl/α,β-unsaturated/α-hetero) is 1. The quantitative estimate of drug-likeness (QED) is 0.745. The van der Waals surface area contributed by atoms with Gasteiger partial charge in [0.05, 0.1) is 0 Å². The lowest BCUT2D eigenvalue weighted by molar-refractivity contribution is -0.119. The normalized spacial score (nSPS) is 12.1. The van der Waals surface area contributed by atoms with Crippen LogP contribution in [0.5, 0.6) is 0 Å². The molecular formula is C18H20O. The molecule has 0 spiro atoms. The Hall–Kier alpha value is -1.89. The molecule has 0 bridgehead atoms. The molecule has 19 heavy (non-hydrogen) atoms. The predicted octanol–water partition coefficient (Wildman–Crippen LogP) is 4.38. The standard InChI is InChI=1S/C18H20O/c1-2-18(19)14-17(16-11-7-4-8-12-16)13-15-9-5-3-6-10-15/h3-12,17H,2,13-14H2,1H3/t17-/m0/s1. The Morgan fingerprint density at radius 3 is 2.11 bits per heavy atom. The summed E-state index contributed by atoms with van der Waals surface area (Å²) in [4.78, 5) is 11.8. The zero-order valence-electron chi connectivity index (χ0n) is 11.4. The molecule has 98 valence electrons. The van der Waals surface area contributed by atoms with E-state index in [1.807, 2.05) is 31.2 Å². The first-order chi connectivity index (χ1) is 9.29. The molecule has 0 radical (unpaired) electrons. The van der Waals surface area contributed by atoms with Crippen LogP contribution in [0.25, 0.3) is 0 Å². The number of hydrogen-bond acceptors (Lipinski definition) is 1. The molecule has 0 aliphatic carbocycles. The molecule has 0 aromatic heterocycles. The van der Waals surface area contributed by atoms with E-state index in [0.29, 0.717) is 18.6 Å². The smallest absolute Gasteiger partial charge is 0.133 e. The van der Waals surface area contributed by atoms with E-state index in [4.69, 9.17) is 0 Å². The third-order valence-electron chi connectivity index (χ3n) is 3.46. The van der Waals surface area contributed by atoms with Gasteiger partial charge >= 0.3 is 0 Å². The van der Waals surface area contributed by atoms with Crippen molar-refractivity contribution in [2.45, 2.75) is 32.1 Å². The second kappa shape index (κ2) is 6.89. The van der Waals surface area contributed by atoms with Gasteiger partial charge in [-0.2, -0.15) is 0 Å². The summed E-state index contributed by atoms with van der Waals surface area (Å²) >= 11 is 0. The highest BCUT2D eigenvalue weighted by Gasteiger charge is 2.15. The van der Waals surface area contributed by atoms with Crippen molar-refractivity contribution in [1.82, 2.24) is 0 Å². The van der Waals surface area contributed by atoms with Crippen molar-refractivity contribution in [2.24, 2.45) is 0 Å². The van der Waals surface area contributed by atoms with Gasteiger partial charge in [0.25, 0.3) is 0 Å². The predicted molar refractivity (Wildman–Crippen MR) is 79.2 cm³/mol. The van der Waals surface area contributed by atoms with Gasteiger partial charge in [0, 0.05) is 12.8 Å². The van der Waals surface area contributed by atoms with E-state index in [-0.39, 0.29) is 5.92 Å². The highest BCUT2D eigenvalue weighted by Crippen LogP contribution is 2.25. The summed E-state index contributed by atoms with van der Waals surface area (Å²) in [5.41, 5.74) is 2.55. The van der Waals surface area contributed by atoms with Gasteiger partial charge in [0.15, 0.2) is 0 Å². The van der Waals surface area contributed by atoms with Gasteiger partial charge < -0.3 is 0 Å². The highest BCUT2D eigenvalue weighted by atomic mass is 16.1. The lowest BCUT2D eigenvalue weighted by Crippen LogP contribution is -2.09. The Bertz CT molecular complexity index is 502. The Morgan fingerprint density at radius 2 is 1.53 bits per heavy atom. The zero-order chi connectivity index (χ0) is 13.5. The fraction of sp³-hybridized carbons (Fsp3) is 0.278. The molecule has 1 atom stereocenters. The molecule has 2 aromatic rings. The van der Waals surface area contributed by atoms with Crippen LogP contribution in [0.1, 0.15) is 36.8 Å². The zero-order valence-corrected chi connectivity index (χ0v) is 11.4. The fourth-order valence-electron chi connectivity index (χ4n) is 2.35. The van der Waals surface area contributed by atoms with Crippen LogP contribution in [0.15, 0.2) is 60.7 Å². The third kappa shape index (κ3) is 4.06. The van der Waals surface area contributed by atoms with Crippen molar-refractivity contribution < 1.29 is 4.79 Å². The monoisotopic (exact) mass is 252 g/mol. The Morgan fingerprint density at radius 1 is 0.947 bits per heavy atom. The lowest BCUT2D eigenvalue weighted by atomic mass is 9.87. The molecule has 0 saturated heterocycles. The first kappa shape index (κ1) is 13.5. The summed E-state index contributed by atoms with van der Waals surface area (Å²) in [6.07, 6.45) is 2.18. The van der Waals surface area contributed by atoms with Gasteiger partial charge in [-0.25, -0.2) is 0 Å². The number of carbonyl (C=O) groups excluding carboxylic acids is 1. The minimum Gasteiger partial charge on any atom is -0.300 e. The van der Waals surface area contributed by atoms with Crippen LogP contribution in [0.4, 0.5) is 0 Å². The van der Waals surface area contributed by atoms with Crippen molar-refractivity contribution in [2.75, 3.05) is 0 Å². The molecule has 0 N–H and O–H groups in total. The largest absolute Gasteiger partial charge is 0.300 e. The summed E-state index contributed by atoms with van der Waals surface area (Å²) in [6.45, 7) is 1.94. The minimum absolute atomic E-state index is 0.288. The molecular weight excluding hydrogens is 232 g/mol. The molecule has 0 amide bonds. The van der Waals surface area contributed by atoms with Crippen LogP contribution in [0.2, 0.25) is 0 Å². The van der Waals surface area contributed by atoms with Gasteiger partial charge in [0.2, 0.25) is 0 Å². The van der Waals surface area contributed by atoms with Crippen molar-refractivity contribution >= 4 is 5.78 Å². The molecule has 2 aromatic carbocycles. The highest BCUT2D eigenvalue weighted by molar-refractivity contribution is 5.79. The number of rotatable bonds is 6. The molecule has 2 rings (SSSR count). The molecule has 0 heterocycles. The summed E-state index contributed by atoms with van der Waals surface area (Å²) in [5.74, 6) is 0.626. The lowest BCUT2D eigenvalue weighted by Gasteiger charge is -2.16. The summed E-state index contributed by atoms with van der Waals surface area (Å²) in [6, 6.07) is 20.8. The Labute approximate surface area is 115 Å². The van der Waals surface area contributed by atoms with Crippen LogP contribution in [-0.4, -0.2) is 5.78 Å². The van der Waals surface area contributed by atoms with Gasteiger partial charge in [-0.15, -0.1) is 0 Å². The SMILES string of the molecule is CCC(=O)C[C@H](Cc1ccccc1)c1ccccc1. The molecule has 1 nitrogen and oxygen atoms in total. The molecule has 1 heteroatoms. The third-order valence-corrected chi connectivity index (χ3v) is 3.46. The van der Waals surface area contributed by atoms with Crippen molar-refractivity contribution in [1.29, 1.82) is 0 Å². The number of carbonyl (C=O) groups is 1. The van der Waals surface area contributed by atoms with E-state index in [9.17, 15) is 4.79 Å². The first-order valence-corrected chi connectivity index (χ1v) is 6.90. The van der Waals surface area contributed by atoms with E-state index < -0.39 is 0 Å². The van der Waals surface area contributed by atoms with Crippen LogP contribution in [0, 0.1) is 0 Å². The maximum absolute atomic E-state index is 11.8.